The Morgan fingerprint density at radius 1 is 1.03 bits per heavy atom. The zero-order valence-corrected chi connectivity index (χ0v) is 19.7. The van der Waals surface area contributed by atoms with Gasteiger partial charge < -0.3 is 5.32 Å². The van der Waals surface area contributed by atoms with Crippen molar-refractivity contribution in [1.29, 1.82) is 0 Å². The lowest BCUT2D eigenvalue weighted by Gasteiger charge is -2.15. The minimum Gasteiger partial charge on any atom is -0.348 e. The van der Waals surface area contributed by atoms with Gasteiger partial charge in [-0.15, -0.1) is 0 Å². The summed E-state index contributed by atoms with van der Waals surface area (Å²) in [6.07, 6.45) is 5.09. The lowest BCUT2D eigenvalue weighted by atomic mass is 10.1. The molecule has 0 aliphatic carbocycles. The largest absolute Gasteiger partial charge is 0.348 e. The van der Waals surface area contributed by atoms with Crippen LogP contribution in [0.3, 0.4) is 0 Å². The Morgan fingerprint density at radius 2 is 1.70 bits per heavy atom. The van der Waals surface area contributed by atoms with Gasteiger partial charge in [0, 0.05) is 37.0 Å². The number of amides is 1. The first-order chi connectivity index (χ1) is 15.9. The van der Waals surface area contributed by atoms with Crippen LogP contribution in [0.4, 0.5) is 0 Å². The molecule has 1 saturated heterocycles. The van der Waals surface area contributed by atoms with Crippen LogP contribution in [0.15, 0.2) is 65.6 Å². The number of nitrogens with zero attached hydrogens (tertiary/aromatic N) is 3. The molecular formula is C25H28N4O3S. The smallest absolute Gasteiger partial charge is 0.244 e. The van der Waals surface area contributed by atoms with Gasteiger partial charge in [-0.1, -0.05) is 30.3 Å². The Morgan fingerprint density at radius 3 is 2.36 bits per heavy atom. The third kappa shape index (κ3) is 5.07. The van der Waals surface area contributed by atoms with Gasteiger partial charge in [0.25, 0.3) is 0 Å². The first-order valence-corrected chi connectivity index (χ1v) is 12.5. The van der Waals surface area contributed by atoms with Gasteiger partial charge in [0.2, 0.25) is 15.9 Å². The van der Waals surface area contributed by atoms with E-state index >= 15 is 0 Å². The number of aryl methyl sites for hydroxylation is 1. The van der Waals surface area contributed by atoms with Crippen molar-refractivity contribution in [3.05, 3.63) is 83.2 Å². The van der Waals surface area contributed by atoms with Crippen LogP contribution in [0.2, 0.25) is 0 Å². The summed E-state index contributed by atoms with van der Waals surface area (Å²) in [4.78, 5) is 12.7. The van der Waals surface area contributed by atoms with Crippen molar-refractivity contribution in [3.63, 3.8) is 0 Å². The van der Waals surface area contributed by atoms with Gasteiger partial charge in [-0.25, -0.2) is 13.1 Å². The number of carbonyl (C=O) groups excluding carboxylic acids is 1. The predicted molar refractivity (Wildman–Crippen MR) is 128 cm³/mol. The third-order valence-corrected chi connectivity index (χ3v) is 7.76. The quantitative estimate of drug-likeness (QED) is 0.542. The van der Waals surface area contributed by atoms with Gasteiger partial charge in [-0.05, 0) is 62.6 Å². The van der Waals surface area contributed by atoms with E-state index in [4.69, 9.17) is 0 Å². The molecule has 33 heavy (non-hydrogen) atoms. The Hall–Kier alpha value is -3.23. The van der Waals surface area contributed by atoms with E-state index in [2.05, 4.69) is 10.4 Å². The summed E-state index contributed by atoms with van der Waals surface area (Å²) in [6, 6.07) is 16.6. The van der Waals surface area contributed by atoms with Crippen LogP contribution in [-0.4, -0.2) is 41.5 Å². The molecule has 2 heterocycles. The summed E-state index contributed by atoms with van der Waals surface area (Å²) >= 11 is 0. The number of sulfonamides is 1. The van der Waals surface area contributed by atoms with E-state index < -0.39 is 10.0 Å². The fraction of sp³-hybridized carbons (Fsp3) is 0.280. The molecule has 1 aliphatic heterocycles. The van der Waals surface area contributed by atoms with E-state index in [0.717, 1.165) is 41.0 Å². The third-order valence-electron chi connectivity index (χ3n) is 5.84. The molecular weight excluding hydrogens is 436 g/mol. The molecule has 0 atom stereocenters. The zero-order valence-electron chi connectivity index (χ0n) is 18.9. The summed E-state index contributed by atoms with van der Waals surface area (Å²) in [5, 5.41) is 7.44. The highest BCUT2D eigenvalue weighted by Crippen LogP contribution is 2.21. The van der Waals surface area contributed by atoms with Gasteiger partial charge in [-0.2, -0.15) is 9.40 Å². The first-order valence-electron chi connectivity index (χ1n) is 11.0. The normalized spacial score (nSPS) is 14.7. The minimum atomic E-state index is -3.43. The molecule has 0 saturated carbocycles. The lowest BCUT2D eigenvalue weighted by Crippen LogP contribution is -2.27. The molecule has 0 radical (unpaired) electrons. The van der Waals surface area contributed by atoms with Crippen molar-refractivity contribution in [3.8, 4) is 5.69 Å². The fourth-order valence-corrected chi connectivity index (χ4v) is 5.50. The van der Waals surface area contributed by atoms with Crippen molar-refractivity contribution in [2.75, 3.05) is 13.1 Å². The van der Waals surface area contributed by atoms with E-state index in [9.17, 15) is 13.2 Å². The van der Waals surface area contributed by atoms with Gasteiger partial charge in [0.15, 0.2) is 0 Å². The van der Waals surface area contributed by atoms with E-state index in [-0.39, 0.29) is 5.91 Å². The molecule has 1 amide bonds. The van der Waals surface area contributed by atoms with Gasteiger partial charge in [-0.3, -0.25) is 4.79 Å². The maximum absolute atomic E-state index is 12.6. The predicted octanol–water partition coefficient (Wildman–Crippen LogP) is 3.60. The molecule has 0 bridgehead atoms. The van der Waals surface area contributed by atoms with Crippen LogP contribution in [0, 0.1) is 13.8 Å². The molecule has 2 aromatic carbocycles. The van der Waals surface area contributed by atoms with Crippen LogP contribution in [0.5, 0.6) is 0 Å². The lowest BCUT2D eigenvalue weighted by molar-refractivity contribution is -0.116. The summed E-state index contributed by atoms with van der Waals surface area (Å²) in [5.74, 6) is -0.227. The Balaban J connectivity index is 1.37. The highest BCUT2D eigenvalue weighted by Gasteiger charge is 2.26. The average Bonchev–Trinajstić information content (AvgIpc) is 3.46. The van der Waals surface area contributed by atoms with Crippen molar-refractivity contribution in [2.24, 2.45) is 0 Å². The van der Waals surface area contributed by atoms with Crippen LogP contribution < -0.4 is 5.32 Å². The van der Waals surface area contributed by atoms with E-state index in [1.807, 2.05) is 48.9 Å². The second kappa shape index (κ2) is 9.72. The van der Waals surface area contributed by atoms with E-state index in [0.29, 0.717) is 24.5 Å². The van der Waals surface area contributed by atoms with Crippen LogP contribution >= 0.6 is 0 Å². The number of hydrogen-bond donors (Lipinski definition) is 1. The summed E-state index contributed by atoms with van der Waals surface area (Å²) in [7, 11) is -3.43. The topological polar surface area (TPSA) is 84.3 Å². The second-order valence-electron chi connectivity index (χ2n) is 8.14. The molecule has 8 heteroatoms. The molecule has 3 aromatic rings. The van der Waals surface area contributed by atoms with Gasteiger partial charge in [0.05, 0.1) is 16.3 Å². The molecule has 1 aliphatic rings. The fourth-order valence-electron chi connectivity index (χ4n) is 3.98. The number of benzene rings is 2. The molecule has 1 fully saturated rings. The zero-order chi connectivity index (χ0) is 23.4. The van der Waals surface area contributed by atoms with Crippen molar-refractivity contribution < 1.29 is 13.2 Å². The summed E-state index contributed by atoms with van der Waals surface area (Å²) < 4.78 is 28.6. The van der Waals surface area contributed by atoms with E-state index in [1.165, 1.54) is 10.4 Å². The molecule has 7 nitrogen and oxygen atoms in total. The standard InChI is InChI=1S/C25H28N4O3S/c1-19-24(20(2)29(27-19)22-8-4-3-5-9-22)14-15-25(30)26-18-21-10-12-23(13-11-21)33(31,32)28-16-6-7-17-28/h3-5,8-15H,6-7,16-18H2,1-2H3,(H,26,30). The SMILES string of the molecule is Cc1nn(-c2ccccc2)c(C)c1C=CC(=O)NCc1ccc(S(=O)(=O)N2CCCC2)cc1. The Labute approximate surface area is 194 Å². The number of aromatic nitrogens is 2. The maximum Gasteiger partial charge on any atom is 0.244 e. The van der Waals surface area contributed by atoms with Gasteiger partial charge in [0.1, 0.15) is 0 Å². The summed E-state index contributed by atoms with van der Waals surface area (Å²) in [6.45, 7) is 5.36. The highest BCUT2D eigenvalue weighted by atomic mass is 32.2. The molecule has 172 valence electrons. The molecule has 1 N–H and O–H groups in total. The van der Waals surface area contributed by atoms with Crippen molar-refractivity contribution in [2.45, 2.75) is 38.1 Å². The second-order valence-corrected chi connectivity index (χ2v) is 10.1. The summed E-state index contributed by atoms with van der Waals surface area (Å²) in [5.41, 5.74) is 4.51. The number of carbonyl (C=O) groups is 1. The number of hydrogen-bond acceptors (Lipinski definition) is 4. The number of para-hydroxylation sites is 1. The monoisotopic (exact) mass is 464 g/mol. The molecule has 4 rings (SSSR count). The van der Waals surface area contributed by atoms with Gasteiger partial charge >= 0.3 is 0 Å². The Bertz CT molecular complexity index is 1260. The highest BCUT2D eigenvalue weighted by molar-refractivity contribution is 7.89. The van der Waals surface area contributed by atoms with E-state index in [1.54, 1.807) is 30.3 Å². The number of rotatable bonds is 7. The molecule has 0 unspecified atom stereocenters. The average molecular weight is 465 g/mol. The van der Waals surface area contributed by atoms with Crippen LogP contribution in [0.1, 0.15) is 35.4 Å². The molecule has 0 spiro atoms. The maximum atomic E-state index is 12.6. The Kier molecular flexibility index (Phi) is 6.76. The minimum absolute atomic E-state index is 0.227. The van der Waals surface area contributed by atoms with Crippen molar-refractivity contribution in [1.82, 2.24) is 19.4 Å². The van der Waals surface area contributed by atoms with Crippen LogP contribution in [-0.2, 0) is 21.4 Å². The van der Waals surface area contributed by atoms with Crippen molar-refractivity contribution >= 4 is 22.0 Å². The molecule has 1 aromatic heterocycles. The van der Waals surface area contributed by atoms with Crippen LogP contribution in [0.25, 0.3) is 11.8 Å². The number of nitrogens with one attached hydrogen (secondary N) is 1. The first kappa shape index (κ1) is 22.9.